The van der Waals surface area contributed by atoms with E-state index in [0.717, 1.165) is 44.9 Å². The molecule has 3 aliphatic carbocycles. The summed E-state index contributed by atoms with van der Waals surface area (Å²) in [6.45, 7) is 6.96. The maximum absolute atomic E-state index is 11.7. The van der Waals surface area contributed by atoms with Crippen molar-refractivity contribution >= 4 is 5.78 Å². The molecular weight excluding hydrogens is 248 g/mol. The predicted molar refractivity (Wildman–Crippen MR) is 80.3 cm³/mol. The summed E-state index contributed by atoms with van der Waals surface area (Å²) < 4.78 is 0. The van der Waals surface area contributed by atoms with Crippen LogP contribution < -0.4 is 0 Å². The first-order valence-electron chi connectivity index (χ1n) is 8.33. The Morgan fingerprint density at radius 3 is 2.70 bits per heavy atom. The van der Waals surface area contributed by atoms with Crippen LogP contribution in [-0.2, 0) is 4.79 Å². The fourth-order valence-electron chi connectivity index (χ4n) is 5.66. The molecule has 0 aliphatic heterocycles. The van der Waals surface area contributed by atoms with Crippen LogP contribution in [0.3, 0.4) is 0 Å². The van der Waals surface area contributed by atoms with Crippen LogP contribution in [0.2, 0.25) is 0 Å². The van der Waals surface area contributed by atoms with Crippen molar-refractivity contribution < 1.29 is 9.90 Å². The first kappa shape index (κ1) is 14.3. The summed E-state index contributed by atoms with van der Waals surface area (Å²) in [5.74, 6) is 1.50. The third kappa shape index (κ3) is 1.83. The quantitative estimate of drug-likeness (QED) is 0.789. The predicted octanol–water partition coefficient (Wildman–Crippen LogP) is 3.88. The summed E-state index contributed by atoms with van der Waals surface area (Å²) in [4.78, 5) is 11.7. The average Bonchev–Trinajstić information content (AvgIpc) is 2.43. The Kier molecular flexibility index (Phi) is 3.36. The lowest BCUT2D eigenvalue weighted by Crippen LogP contribution is -2.56. The highest BCUT2D eigenvalue weighted by atomic mass is 16.3. The lowest BCUT2D eigenvalue weighted by molar-refractivity contribution is -0.138. The van der Waals surface area contributed by atoms with Gasteiger partial charge >= 0.3 is 0 Å². The number of allylic oxidation sites excluding steroid dienone is 2. The zero-order valence-corrected chi connectivity index (χ0v) is 13.1. The summed E-state index contributed by atoms with van der Waals surface area (Å²) in [5.41, 5.74) is 1.75. The Hall–Kier alpha value is -0.630. The molecule has 3 rings (SSSR count). The normalized spacial score (nSPS) is 48.3. The van der Waals surface area contributed by atoms with Gasteiger partial charge in [0, 0.05) is 6.42 Å². The van der Waals surface area contributed by atoms with Gasteiger partial charge in [-0.2, -0.15) is 0 Å². The summed E-state index contributed by atoms with van der Waals surface area (Å²) in [5, 5.41) is 10.6. The van der Waals surface area contributed by atoms with Gasteiger partial charge in [0.15, 0.2) is 5.78 Å². The second kappa shape index (κ2) is 4.69. The molecule has 0 saturated heterocycles. The zero-order chi connectivity index (χ0) is 14.5. The monoisotopic (exact) mass is 276 g/mol. The fourth-order valence-corrected chi connectivity index (χ4v) is 5.66. The Bertz CT molecular complexity index is 452. The van der Waals surface area contributed by atoms with Crippen LogP contribution >= 0.6 is 0 Å². The third-order valence-corrected chi connectivity index (χ3v) is 7.06. The van der Waals surface area contributed by atoms with E-state index in [1.54, 1.807) is 0 Å². The van der Waals surface area contributed by atoms with Gasteiger partial charge in [-0.15, -0.1) is 0 Å². The molecule has 2 fully saturated rings. The highest BCUT2D eigenvalue weighted by molar-refractivity contribution is 5.91. The largest absolute Gasteiger partial charge is 0.393 e. The minimum atomic E-state index is -0.152. The van der Waals surface area contributed by atoms with E-state index in [1.165, 1.54) is 5.57 Å². The molecule has 0 aromatic carbocycles. The van der Waals surface area contributed by atoms with E-state index in [9.17, 15) is 9.90 Å². The van der Waals surface area contributed by atoms with Gasteiger partial charge in [0.2, 0.25) is 0 Å². The van der Waals surface area contributed by atoms with Crippen LogP contribution in [0.1, 0.15) is 65.7 Å². The highest BCUT2D eigenvalue weighted by Gasteiger charge is 2.57. The van der Waals surface area contributed by atoms with Crippen LogP contribution in [0.5, 0.6) is 0 Å². The van der Waals surface area contributed by atoms with E-state index in [0.29, 0.717) is 17.6 Å². The molecule has 20 heavy (non-hydrogen) atoms. The Morgan fingerprint density at radius 2 is 2.00 bits per heavy atom. The molecule has 0 spiro atoms. The van der Waals surface area contributed by atoms with Crippen molar-refractivity contribution in [1.29, 1.82) is 0 Å². The lowest BCUT2D eigenvalue weighted by Gasteiger charge is -2.61. The Morgan fingerprint density at radius 1 is 1.25 bits per heavy atom. The van der Waals surface area contributed by atoms with Crippen molar-refractivity contribution in [1.82, 2.24) is 0 Å². The molecule has 5 atom stereocenters. The lowest BCUT2D eigenvalue weighted by atomic mass is 9.45. The van der Waals surface area contributed by atoms with Gasteiger partial charge in [-0.05, 0) is 67.3 Å². The van der Waals surface area contributed by atoms with Crippen molar-refractivity contribution in [2.24, 2.45) is 22.7 Å². The topological polar surface area (TPSA) is 37.3 Å². The number of hydrogen-bond acceptors (Lipinski definition) is 2. The Balaban J connectivity index is 1.99. The second-order valence-corrected chi connectivity index (χ2v) is 7.79. The number of hydrogen-bond donors (Lipinski definition) is 1. The van der Waals surface area contributed by atoms with Crippen molar-refractivity contribution in [3.8, 4) is 0 Å². The van der Waals surface area contributed by atoms with Crippen LogP contribution in [-0.4, -0.2) is 17.0 Å². The van der Waals surface area contributed by atoms with E-state index in [2.05, 4.69) is 20.8 Å². The number of carbonyl (C=O) groups excluding carboxylic acids is 1. The van der Waals surface area contributed by atoms with Crippen LogP contribution in [0.4, 0.5) is 0 Å². The molecule has 0 amide bonds. The van der Waals surface area contributed by atoms with Gasteiger partial charge in [-0.1, -0.05) is 26.3 Å². The van der Waals surface area contributed by atoms with E-state index in [1.807, 2.05) is 6.08 Å². The van der Waals surface area contributed by atoms with E-state index in [-0.39, 0.29) is 16.9 Å². The first-order valence-corrected chi connectivity index (χ1v) is 8.33. The van der Waals surface area contributed by atoms with Gasteiger partial charge in [-0.25, -0.2) is 0 Å². The van der Waals surface area contributed by atoms with Crippen molar-refractivity contribution in [2.45, 2.75) is 71.8 Å². The van der Waals surface area contributed by atoms with Crippen molar-refractivity contribution in [3.05, 3.63) is 11.6 Å². The molecule has 1 N–H and O–H groups in total. The van der Waals surface area contributed by atoms with Gasteiger partial charge in [0.1, 0.15) is 0 Å². The van der Waals surface area contributed by atoms with Gasteiger partial charge in [-0.3, -0.25) is 4.79 Å². The molecule has 112 valence electrons. The van der Waals surface area contributed by atoms with Crippen molar-refractivity contribution in [2.75, 3.05) is 0 Å². The average molecular weight is 276 g/mol. The summed E-state index contributed by atoms with van der Waals surface area (Å²) in [7, 11) is 0. The number of ketones is 1. The summed E-state index contributed by atoms with van der Waals surface area (Å²) >= 11 is 0. The zero-order valence-electron chi connectivity index (χ0n) is 13.1. The molecule has 0 radical (unpaired) electrons. The maximum atomic E-state index is 11.7. The minimum Gasteiger partial charge on any atom is -0.393 e. The molecule has 2 heteroatoms. The molecule has 2 saturated carbocycles. The van der Waals surface area contributed by atoms with E-state index < -0.39 is 0 Å². The SMILES string of the molecule is CC[C@@]1(C)[C@H]2CCC3=CC(=O)CC[C@H]3[C@]2(C)CC[C@H]1O. The molecule has 0 bridgehead atoms. The van der Waals surface area contributed by atoms with Gasteiger partial charge in [0.05, 0.1) is 6.10 Å². The third-order valence-electron chi connectivity index (χ3n) is 7.06. The molecule has 0 unspecified atom stereocenters. The van der Waals surface area contributed by atoms with Crippen LogP contribution in [0, 0.1) is 22.7 Å². The molecule has 0 aromatic heterocycles. The number of aliphatic hydroxyl groups excluding tert-OH is 1. The molecular formula is C18H28O2. The second-order valence-electron chi connectivity index (χ2n) is 7.79. The van der Waals surface area contributed by atoms with Gasteiger partial charge < -0.3 is 5.11 Å². The number of aliphatic hydroxyl groups is 1. The van der Waals surface area contributed by atoms with Gasteiger partial charge in [0.25, 0.3) is 0 Å². The molecule has 0 heterocycles. The maximum Gasteiger partial charge on any atom is 0.155 e. The minimum absolute atomic E-state index is 0.0555. The van der Waals surface area contributed by atoms with Crippen LogP contribution in [0.15, 0.2) is 11.6 Å². The smallest absolute Gasteiger partial charge is 0.155 e. The number of fused-ring (bicyclic) bond motifs is 3. The summed E-state index contributed by atoms with van der Waals surface area (Å²) in [6.07, 6.45) is 8.87. The molecule has 0 aromatic rings. The first-order chi connectivity index (χ1) is 9.41. The molecule has 3 aliphatic rings. The van der Waals surface area contributed by atoms with E-state index in [4.69, 9.17) is 0 Å². The number of rotatable bonds is 1. The number of carbonyl (C=O) groups is 1. The van der Waals surface area contributed by atoms with E-state index >= 15 is 0 Å². The van der Waals surface area contributed by atoms with Crippen LogP contribution in [0.25, 0.3) is 0 Å². The summed E-state index contributed by atoms with van der Waals surface area (Å²) in [6, 6.07) is 0. The molecule has 2 nitrogen and oxygen atoms in total. The fraction of sp³-hybridized carbons (Fsp3) is 0.833. The Labute approximate surface area is 122 Å². The standard InChI is InChI=1S/C18H28O2/c1-4-17(2)15-8-5-12-11-13(19)6-7-14(12)18(15,3)10-9-16(17)20/h11,14-16,20H,4-10H2,1-3H3/t14-,15-,16-,17+,18+/m1/s1. The highest BCUT2D eigenvalue weighted by Crippen LogP contribution is 2.63. The van der Waals surface area contributed by atoms with Crippen molar-refractivity contribution in [3.63, 3.8) is 0 Å².